The maximum absolute atomic E-state index is 4.24. The van der Waals surface area contributed by atoms with Crippen molar-refractivity contribution in [3.8, 4) is 0 Å². The third kappa shape index (κ3) is 4.63. The Morgan fingerprint density at radius 3 is 2.88 bits per heavy atom. The molecule has 0 aliphatic rings. The standard InChI is InChI=1S/C12H20IN3/c1-3-5-6-10(4-2)7-15-12-11(13)8-14-9-16-12/h8-10H,3-7H2,1-2H3,(H,14,15,16). The van der Waals surface area contributed by atoms with Gasteiger partial charge < -0.3 is 5.32 Å². The molecule has 90 valence electrons. The fourth-order valence-electron chi connectivity index (χ4n) is 1.63. The second-order valence-electron chi connectivity index (χ2n) is 4.02. The highest BCUT2D eigenvalue weighted by molar-refractivity contribution is 14.1. The van der Waals surface area contributed by atoms with Crippen LogP contribution < -0.4 is 5.32 Å². The number of halogens is 1. The van der Waals surface area contributed by atoms with Gasteiger partial charge in [-0.1, -0.05) is 33.1 Å². The van der Waals surface area contributed by atoms with Crippen molar-refractivity contribution in [3.05, 3.63) is 16.1 Å². The molecule has 0 saturated heterocycles. The number of aromatic nitrogens is 2. The number of hydrogen-bond acceptors (Lipinski definition) is 3. The maximum Gasteiger partial charge on any atom is 0.142 e. The molecule has 1 aromatic rings. The molecule has 0 aliphatic heterocycles. The van der Waals surface area contributed by atoms with E-state index in [0.29, 0.717) is 0 Å². The van der Waals surface area contributed by atoms with Crippen LogP contribution in [0.2, 0.25) is 0 Å². The zero-order valence-electron chi connectivity index (χ0n) is 10.0. The van der Waals surface area contributed by atoms with Gasteiger partial charge in [0.05, 0.1) is 3.57 Å². The summed E-state index contributed by atoms with van der Waals surface area (Å²) in [5.41, 5.74) is 0. The van der Waals surface area contributed by atoms with E-state index in [1.807, 2.05) is 6.20 Å². The fourth-order valence-corrected chi connectivity index (χ4v) is 2.12. The molecule has 0 radical (unpaired) electrons. The van der Waals surface area contributed by atoms with Crippen LogP contribution in [-0.2, 0) is 0 Å². The zero-order chi connectivity index (χ0) is 11.8. The number of rotatable bonds is 7. The molecule has 1 unspecified atom stereocenters. The van der Waals surface area contributed by atoms with Gasteiger partial charge in [-0.2, -0.15) is 0 Å². The lowest BCUT2D eigenvalue weighted by atomic mass is 9.99. The lowest BCUT2D eigenvalue weighted by molar-refractivity contribution is 0.472. The molecule has 1 heterocycles. The van der Waals surface area contributed by atoms with E-state index in [-0.39, 0.29) is 0 Å². The molecule has 0 bridgehead atoms. The van der Waals surface area contributed by atoms with Crippen LogP contribution in [0.15, 0.2) is 12.5 Å². The van der Waals surface area contributed by atoms with Gasteiger partial charge in [-0.15, -0.1) is 0 Å². The Morgan fingerprint density at radius 1 is 1.44 bits per heavy atom. The molecule has 0 spiro atoms. The van der Waals surface area contributed by atoms with Gasteiger partial charge in [-0.25, -0.2) is 9.97 Å². The first kappa shape index (κ1) is 13.7. The summed E-state index contributed by atoms with van der Waals surface area (Å²) >= 11 is 2.26. The molecule has 1 aromatic heterocycles. The quantitative estimate of drug-likeness (QED) is 0.773. The second-order valence-corrected chi connectivity index (χ2v) is 5.18. The first-order valence-electron chi connectivity index (χ1n) is 5.97. The molecule has 0 amide bonds. The monoisotopic (exact) mass is 333 g/mol. The van der Waals surface area contributed by atoms with Crippen molar-refractivity contribution < 1.29 is 0 Å². The largest absolute Gasteiger partial charge is 0.369 e. The number of nitrogens with one attached hydrogen (secondary N) is 1. The molecule has 0 aliphatic carbocycles. The Hall–Kier alpha value is -0.390. The summed E-state index contributed by atoms with van der Waals surface area (Å²) in [6.07, 6.45) is 8.57. The van der Waals surface area contributed by atoms with E-state index in [1.165, 1.54) is 25.7 Å². The van der Waals surface area contributed by atoms with E-state index in [9.17, 15) is 0 Å². The highest BCUT2D eigenvalue weighted by Crippen LogP contribution is 2.16. The van der Waals surface area contributed by atoms with Gasteiger partial charge >= 0.3 is 0 Å². The molecule has 0 saturated carbocycles. The third-order valence-corrected chi connectivity index (χ3v) is 3.56. The number of anilines is 1. The first-order chi connectivity index (χ1) is 7.77. The van der Waals surface area contributed by atoms with Crippen LogP contribution in [0.4, 0.5) is 5.82 Å². The molecular weight excluding hydrogens is 313 g/mol. The van der Waals surface area contributed by atoms with Gasteiger partial charge in [0.25, 0.3) is 0 Å². The SMILES string of the molecule is CCCCC(CC)CNc1ncncc1I. The van der Waals surface area contributed by atoms with Crippen molar-refractivity contribution in [2.24, 2.45) is 5.92 Å². The van der Waals surface area contributed by atoms with E-state index in [4.69, 9.17) is 0 Å². The van der Waals surface area contributed by atoms with Crippen molar-refractivity contribution in [2.45, 2.75) is 39.5 Å². The summed E-state index contributed by atoms with van der Waals surface area (Å²) in [5, 5.41) is 3.41. The zero-order valence-corrected chi connectivity index (χ0v) is 12.2. The van der Waals surface area contributed by atoms with Crippen molar-refractivity contribution in [2.75, 3.05) is 11.9 Å². The summed E-state index contributed by atoms with van der Waals surface area (Å²) in [4.78, 5) is 8.22. The van der Waals surface area contributed by atoms with Gasteiger partial charge in [0.15, 0.2) is 0 Å². The molecule has 0 aromatic carbocycles. The van der Waals surface area contributed by atoms with Gasteiger partial charge in [0.2, 0.25) is 0 Å². The second kappa shape index (κ2) is 7.81. The van der Waals surface area contributed by atoms with E-state index >= 15 is 0 Å². The first-order valence-corrected chi connectivity index (χ1v) is 7.05. The Morgan fingerprint density at radius 2 is 2.25 bits per heavy atom. The highest BCUT2D eigenvalue weighted by Gasteiger charge is 2.07. The van der Waals surface area contributed by atoms with Crippen molar-refractivity contribution in [1.82, 2.24) is 9.97 Å². The summed E-state index contributed by atoms with van der Waals surface area (Å²) in [6.45, 7) is 5.52. The van der Waals surface area contributed by atoms with Gasteiger partial charge in [0, 0.05) is 12.7 Å². The van der Waals surface area contributed by atoms with Crippen molar-refractivity contribution in [1.29, 1.82) is 0 Å². The Bertz CT molecular complexity index is 304. The number of unbranched alkanes of at least 4 members (excludes halogenated alkanes) is 1. The molecular formula is C12H20IN3. The van der Waals surface area contributed by atoms with Crippen molar-refractivity contribution >= 4 is 28.4 Å². The van der Waals surface area contributed by atoms with Crippen molar-refractivity contribution in [3.63, 3.8) is 0 Å². The van der Waals surface area contributed by atoms with Crippen LogP contribution >= 0.6 is 22.6 Å². The Kier molecular flexibility index (Phi) is 6.68. The Labute approximate surface area is 112 Å². The molecule has 16 heavy (non-hydrogen) atoms. The topological polar surface area (TPSA) is 37.8 Å². The minimum absolute atomic E-state index is 0.755. The molecule has 4 heteroatoms. The molecule has 1 atom stereocenters. The van der Waals surface area contributed by atoms with Crippen LogP contribution in [0.1, 0.15) is 39.5 Å². The van der Waals surface area contributed by atoms with E-state index < -0.39 is 0 Å². The van der Waals surface area contributed by atoms with Crippen LogP contribution in [0.25, 0.3) is 0 Å². The molecule has 3 nitrogen and oxygen atoms in total. The Balaban J connectivity index is 2.40. The van der Waals surface area contributed by atoms with Crippen LogP contribution in [0, 0.1) is 9.49 Å². The lowest BCUT2D eigenvalue weighted by Crippen LogP contribution is -2.15. The summed E-state index contributed by atoms with van der Waals surface area (Å²) in [5.74, 6) is 1.72. The van der Waals surface area contributed by atoms with Gasteiger partial charge in [0.1, 0.15) is 12.1 Å². The average molecular weight is 333 g/mol. The smallest absolute Gasteiger partial charge is 0.142 e. The van der Waals surface area contributed by atoms with E-state index in [1.54, 1.807) is 6.33 Å². The maximum atomic E-state index is 4.24. The molecule has 1 rings (SSSR count). The van der Waals surface area contributed by atoms with E-state index in [2.05, 4.69) is 51.7 Å². The van der Waals surface area contributed by atoms with Gasteiger partial charge in [-0.05, 0) is 34.9 Å². The number of nitrogens with zero attached hydrogens (tertiary/aromatic N) is 2. The van der Waals surface area contributed by atoms with Gasteiger partial charge in [-0.3, -0.25) is 0 Å². The minimum Gasteiger partial charge on any atom is -0.369 e. The minimum atomic E-state index is 0.755. The van der Waals surface area contributed by atoms with Crippen LogP contribution in [0.3, 0.4) is 0 Å². The predicted octanol–water partition coefficient (Wildman–Crippen LogP) is 3.71. The number of hydrogen-bond donors (Lipinski definition) is 1. The van der Waals surface area contributed by atoms with Crippen LogP contribution in [-0.4, -0.2) is 16.5 Å². The third-order valence-electron chi connectivity index (χ3n) is 2.77. The van der Waals surface area contributed by atoms with Crippen LogP contribution in [0.5, 0.6) is 0 Å². The highest BCUT2D eigenvalue weighted by atomic mass is 127. The lowest BCUT2D eigenvalue weighted by Gasteiger charge is -2.15. The predicted molar refractivity (Wildman–Crippen MR) is 76.5 cm³/mol. The summed E-state index contributed by atoms with van der Waals surface area (Å²) < 4.78 is 1.09. The molecule has 1 N–H and O–H groups in total. The summed E-state index contributed by atoms with van der Waals surface area (Å²) in [7, 11) is 0. The molecule has 0 fully saturated rings. The van der Waals surface area contributed by atoms with E-state index in [0.717, 1.165) is 21.9 Å². The normalized spacial score (nSPS) is 12.4. The average Bonchev–Trinajstić information content (AvgIpc) is 2.31. The summed E-state index contributed by atoms with van der Waals surface area (Å²) in [6, 6.07) is 0. The fraction of sp³-hybridized carbons (Fsp3) is 0.667.